The van der Waals surface area contributed by atoms with Crippen LogP contribution >= 0.6 is 11.6 Å². The van der Waals surface area contributed by atoms with Crippen molar-refractivity contribution in [2.75, 3.05) is 0 Å². The third kappa shape index (κ3) is 2.15. The Labute approximate surface area is 85.6 Å². The minimum Gasteiger partial charge on any atom is -0.489 e. The summed E-state index contributed by atoms with van der Waals surface area (Å²) in [6.07, 6.45) is -0.833. The van der Waals surface area contributed by atoms with E-state index in [-0.39, 0.29) is 12.8 Å². The molecule has 0 bridgehead atoms. The zero-order chi connectivity index (χ0) is 10.2. The van der Waals surface area contributed by atoms with Crippen molar-refractivity contribution in [1.29, 1.82) is 0 Å². The lowest BCUT2D eigenvalue weighted by molar-refractivity contribution is -0.134. The van der Waals surface area contributed by atoms with Crippen LogP contribution in [-0.2, 0) is 0 Å². The second-order valence-corrected chi connectivity index (χ2v) is 3.81. The van der Waals surface area contributed by atoms with Gasteiger partial charge in [0.25, 0.3) is 5.92 Å². The Hall–Kier alpha value is -0.830. The van der Waals surface area contributed by atoms with Crippen LogP contribution in [0.25, 0.3) is 0 Å². The summed E-state index contributed by atoms with van der Waals surface area (Å²) in [4.78, 5) is 0. The van der Waals surface area contributed by atoms with Crippen molar-refractivity contribution in [2.45, 2.75) is 24.9 Å². The van der Waals surface area contributed by atoms with E-state index in [2.05, 4.69) is 6.07 Å². The van der Waals surface area contributed by atoms with Crippen molar-refractivity contribution in [3.05, 3.63) is 29.3 Å². The molecule has 1 saturated carbocycles. The predicted octanol–water partition coefficient (Wildman–Crippen LogP) is 3.32. The van der Waals surface area contributed by atoms with E-state index in [1.807, 2.05) is 0 Å². The molecular weight excluding hydrogens is 210 g/mol. The second kappa shape index (κ2) is 3.39. The third-order valence-corrected chi connectivity index (χ3v) is 2.32. The highest BCUT2D eigenvalue weighted by atomic mass is 35.5. The van der Waals surface area contributed by atoms with E-state index < -0.39 is 12.0 Å². The summed E-state index contributed by atoms with van der Waals surface area (Å²) in [6.45, 7) is 0. The van der Waals surface area contributed by atoms with Crippen LogP contribution in [0.3, 0.4) is 0 Å². The average Bonchev–Trinajstić information content (AvgIpc) is 2.00. The summed E-state index contributed by atoms with van der Waals surface area (Å²) in [6, 6.07) is 7.61. The fraction of sp³-hybridized carbons (Fsp3) is 0.400. The quantitative estimate of drug-likeness (QED) is 0.739. The number of hydrogen-bond acceptors (Lipinski definition) is 1. The maximum Gasteiger partial charge on any atom is 0.255 e. The van der Waals surface area contributed by atoms with Gasteiger partial charge < -0.3 is 4.74 Å². The fourth-order valence-electron chi connectivity index (χ4n) is 1.36. The number of hydrogen-bond donors (Lipinski definition) is 0. The lowest BCUT2D eigenvalue weighted by Gasteiger charge is -2.34. The van der Waals surface area contributed by atoms with Gasteiger partial charge in [0.05, 0.1) is 0 Å². The molecule has 1 radical (unpaired) electrons. The van der Waals surface area contributed by atoms with Gasteiger partial charge in [-0.2, -0.15) is 0 Å². The molecular formula is C10H8ClF2O. The van der Waals surface area contributed by atoms with E-state index in [0.717, 1.165) is 0 Å². The van der Waals surface area contributed by atoms with Gasteiger partial charge in [-0.3, -0.25) is 0 Å². The number of halogens is 3. The first-order chi connectivity index (χ1) is 6.55. The van der Waals surface area contributed by atoms with Gasteiger partial charge >= 0.3 is 0 Å². The first kappa shape index (κ1) is 9.71. The first-order valence-corrected chi connectivity index (χ1v) is 4.65. The van der Waals surface area contributed by atoms with Gasteiger partial charge in [-0.05, 0) is 18.2 Å². The van der Waals surface area contributed by atoms with Gasteiger partial charge in [-0.1, -0.05) is 11.6 Å². The molecule has 2 rings (SSSR count). The topological polar surface area (TPSA) is 9.23 Å². The van der Waals surface area contributed by atoms with Gasteiger partial charge in [-0.15, -0.1) is 0 Å². The monoisotopic (exact) mass is 217 g/mol. The van der Waals surface area contributed by atoms with Crippen molar-refractivity contribution in [2.24, 2.45) is 0 Å². The Kier molecular flexibility index (Phi) is 2.35. The number of alkyl halides is 2. The molecule has 1 aliphatic carbocycles. The molecule has 0 spiro atoms. The van der Waals surface area contributed by atoms with Crippen molar-refractivity contribution in [1.82, 2.24) is 0 Å². The minimum atomic E-state index is -2.55. The van der Waals surface area contributed by atoms with E-state index in [0.29, 0.717) is 10.8 Å². The molecule has 0 atom stereocenters. The SMILES string of the molecule is FC1(F)CC(Oc2[c]ccc(Cl)c2)C1. The summed E-state index contributed by atoms with van der Waals surface area (Å²) >= 11 is 5.70. The van der Waals surface area contributed by atoms with Crippen LogP contribution in [-0.4, -0.2) is 12.0 Å². The van der Waals surface area contributed by atoms with Crippen molar-refractivity contribution in [3.8, 4) is 5.75 Å². The molecule has 0 amide bonds. The number of rotatable bonds is 2. The molecule has 0 aliphatic heterocycles. The van der Waals surface area contributed by atoms with E-state index in [9.17, 15) is 8.78 Å². The van der Waals surface area contributed by atoms with Crippen LogP contribution in [0, 0.1) is 6.07 Å². The normalized spacial score (nSPS) is 20.2. The molecule has 1 aliphatic rings. The Morgan fingerprint density at radius 3 is 2.79 bits per heavy atom. The molecule has 75 valence electrons. The fourth-order valence-corrected chi connectivity index (χ4v) is 1.52. The smallest absolute Gasteiger partial charge is 0.255 e. The molecule has 0 heterocycles. The van der Waals surface area contributed by atoms with Crippen molar-refractivity contribution < 1.29 is 13.5 Å². The molecule has 0 unspecified atom stereocenters. The van der Waals surface area contributed by atoms with E-state index in [4.69, 9.17) is 16.3 Å². The highest BCUT2D eigenvalue weighted by molar-refractivity contribution is 6.30. The second-order valence-electron chi connectivity index (χ2n) is 3.38. The van der Waals surface area contributed by atoms with Crippen molar-refractivity contribution in [3.63, 3.8) is 0 Å². The van der Waals surface area contributed by atoms with Gasteiger partial charge in [0.15, 0.2) is 0 Å². The van der Waals surface area contributed by atoms with E-state index >= 15 is 0 Å². The lowest BCUT2D eigenvalue weighted by atomic mass is 9.91. The van der Waals surface area contributed by atoms with Gasteiger partial charge in [0.2, 0.25) is 0 Å². The van der Waals surface area contributed by atoms with Crippen LogP contribution in [0.1, 0.15) is 12.8 Å². The Morgan fingerprint density at radius 2 is 2.21 bits per heavy atom. The Bertz CT molecular complexity index is 333. The predicted molar refractivity (Wildman–Crippen MR) is 48.9 cm³/mol. The molecule has 4 heteroatoms. The Balaban J connectivity index is 1.93. The molecule has 0 saturated heterocycles. The maximum atomic E-state index is 12.5. The molecule has 1 aromatic carbocycles. The minimum absolute atomic E-state index is 0.215. The summed E-state index contributed by atoms with van der Waals surface area (Å²) in [5.74, 6) is -2.12. The van der Waals surface area contributed by atoms with Crippen LogP contribution in [0.15, 0.2) is 18.2 Å². The van der Waals surface area contributed by atoms with Crippen LogP contribution < -0.4 is 4.74 Å². The molecule has 1 aromatic rings. The summed E-state index contributed by atoms with van der Waals surface area (Å²) in [7, 11) is 0. The van der Waals surface area contributed by atoms with Gasteiger partial charge in [0.1, 0.15) is 11.9 Å². The molecule has 0 aromatic heterocycles. The summed E-state index contributed by atoms with van der Waals surface area (Å²) in [5.41, 5.74) is 0. The van der Waals surface area contributed by atoms with E-state index in [1.165, 1.54) is 0 Å². The van der Waals surface area contributed by atoms with Crippen LogP contribution in [0.5, 0.6) is 5.75 Å². The standard InChI is InChI=1S/C10H8ClF2O/c11-7-2-1-3-8(4-7)14-9-5-10(12,13)6-9/h1-2,4,9H,5-6H2. The highest BCUT2D eigenvalue weighted by Crippen LogP contribution is 2.39. The van der Waals surface area contributed by atoms with Gasteiger partial charge in [0, 0.05) is 23.9 Å². The van der Waals surface area contributed by atoms with Crippen LogP contribution in [0.4, 0.5) is 8.78 Å². The largest absolute Gasteiger partial charge is 0.489 e. The summed E-state index contributed by atoms with van der Waals surface area (Å²) < 4.78 is 30.2. The molecule has 1 fully saturated rings. The zero-order valence-electron chi connectivity index (χ0n) is 7.27. The lowest BCUT2D eigenvalue weighted by Crippen LogP contribution is -2.43. The Morgan fingerprint density at radius 1 is 1.50 bits per heavy atom. The molecule has 0 N–H and O–H groups in total. The zero-order valence-corrected chi connectivity index (χ0v) is 8.02. The third-order valence-electron chi connectivity index (χ3n) is 2.08. The highest BCUT2D eigenvalue weighted by Gasteiger charge is 2.46. The maximum absolute atomic E-state index is 12.5. The molecule has 1 nitrogen and oxygen atoms in total. The van der Waals surface area contributed by atoms with E-state index in [1.54, 1.807) is 18.2 Å². The van der Waals surface area contributed by atoms with Crippen LogP contribution in [0.2, 0.25) is 5.02 Å². The molecule has 14 heavy (non-hydrogen) atoms. The van der Waals surface area contributed by atoms with Gasteiger partial charge in [-0.25, -0.2) is 8.78 Å². The van der Waals surface area contributed by atoms with Crippen molar-refractivity contribution >= 4 is 11.6 Å². The number of benzene rings is 1. The average molecular weight is 218 g/mol. The summed E-state index contributed by atoms with van der Waals surface area (Å²) in [5, 5.41) is 0.518. The first-order valence-electron chi connectivity index (χ1n) is 4.27. The number of ether oxygens (including phenoxy) is 1.